The molecule has 180 valence electrons. The maximum atomic E-state index is 6.90. The fourth-order valence-electron chi connectivity index (χ4n) is 4.60. The predicted octanol–water partition coefficient (Wildman–Crippen LogP) is 4.49. The lowest BCUT2D eigenvalue weighted by Crippen LogP contribution is -2.63. The first kappa shape index (κ1) is 23.5. The molecule has 0 unspecified atom stereocenters. The van der Waals surface area contributed by atoms with Crippen LogP contribution in [0.25, 0.3) is 5.76 Å². The highest BCUT2D eigenvalue weighted by Gasteiger charge is 2.39. The minimum absolute atomic E-state index is 0.783. The molecule has 0 saturated carbocycles. The third-order valence-electron chi connectivity index (χ3n) is 6.66. The predicted molar refractivity (Wildman–Crippen MR) is 151 cm³/mol. The van der Waals surface area contributed by atoms with Gasteiger partial charge < -0.3 is 14.2 Å². The molecule has 3 aromatic carbocycles. The van der Waals surface area contributed by atoms with Crippen molar-refractivity contribution in [3.05, 3.63) is 132 Å². The average molecular weight is 474 g/mol. The Morgan fingerprint density at radius 1 is 0.667 bits per heavy atom. The lowest BCUT2D eigenvalue weighted by atomic mass is 9.45. The molecule has 5 heteroatoms. The van der Waals surface area contributed by atoms with Gasteiger partial charge in [-0.25, -0.2) is 4.58 Å². The van der Waals surface area contributed by atoms with Gasteiger partial charge in [0.05, 0.1) is 11.5 Å². The van der Waals surface area contributed by atoms with Crippen molar-refractivity contribution >= 4 is 34.6 Å². The number of benzene rings is 3. The zero-order valence-corrected chi connectivity index (χ0v) is 21.3. The Hall–Kier alpha value is -4.25. The molecule has 0 saturated heterocycles. The zero-order chi connectivity index (χ0) is 25.1. The third kappa shape index (κ3) is 4.52. The van der Waals surface area contributed by atoms with E-state index in [-0.39, 0.29) is 0 Å². The van der Waals surface area contributed by atoms with Crippen molar-refractivity contribution in [3.8, 4) is 0 Å². The van der Waals surface area contributed by atoms with Crippen LogP contribution in [0.4, 0.5) is 5.69 Å². The molecule has 1 heterocycles. The van der Waals surface area contributed by atoms with Crippen LogP contribution in [0.2, 0.25) is 0 Å². The van der Waals surface area contributed by atoms with E-state index in [9.17, 15) is 0 Å². The maximum absolute atomic E-state index is 6.90. The van der Waals surface area contributed by atoms with Crippen molar-refractivity contribution in [2.45, 2.75) is 0 Å². The van der Waals surface area contributed by atoms with Crippen LogP contribution in [-0.2, 0) is 9.31 Å². The highest BCUT2D eigenvalue weighted by molar-refractivity contribution is 6.93. The summed E-state index contributed by atoms with van der Waals surface area (Å²) in [6.07, 6.45) is 10.5. The Bertz CT molecular complexity index is 1340. The summed E-state index contributed by atoms with van der Waals surface area (Å²) in [4.78, 5) is 2.09. The van der Waals surface area contributed by atoms with Crippen molar-refractivity contribution < 1.29 is 13.9 Å². The molecule has 0 N–H and O–H groups in total. The third-order valence-corrected chi connectivity index (χ3v) is 6.66. The molecular weight excluding hydrogens is 443 g/mol. The Kier molecular flexibility index (Phi) is 6.39. The summed E-state index contributed by atoms with van der Waals surface area (Å²) < 4.78 is 15.9. The van der Waals surface area contributed by atoms with Crippen LogP contribution in [0, 0.1) is 0 Å². The maximum Gasteiger partial charge on any atom is 0.406 e. The highest BCUT2D eigenvalue weighted by atomic mass is 16.6. The van der Waals surface area contributed by atoms with Gasteiger partial charge >= 0.3 is 6.55 Å². The molecule has 0 bridgehead atoms. The quantitative estimate of drug-likeness (QED) is 0.412. The van der Waals surface area contributed by atoms with E-state index in [0.29, 0.717) is 0 Å². The van der Waals surface area contributed by atoms with Crippen LogP contribution < -0.4 is 15.8 Å². The molecule has 0 atom stereocenters. The molecule has 1 aliphatic carbocycles. The van der Waals surface area contributed by atoms with Gasteiger partial charge in [-0.3, -0.25) is 0 Å². The standard InChI is InChI=1S/C31H31BN2O2/c1-33(2)28-19-15-24(16-20-28)30-23-31(25-17-21-29(22-18-25)34(3)4)36-32(35-30,26-11-7-5-8-12-26)27-13-9-6-10-14-27/h5-23H,1-4H3. The Morgan fingerprint density at radius 2 is 1.22 bits per heavy atom. The minimum Gasteiger partial charge on any atom is -0.675 e. The summed E-state index contributed by atoms with van der Waals surface area (Å²) in [6, 6.07) is 28.9. The molecule has 0 fully saturated rings. The molecule has 5 rings (SSSR count). The van der Waals surface area contributed by atoms with Gasteiger partial charge in [0.25, 0.3) is 0 Å². The van der Waals surface area contributed by atoms with E-state index in [1.807, 2.05) is 70.7 Å². The molecule has 0 aromatic heterocycles. The van der Waals surface area contributed by atoms with E-state index in [1.54, 1.807) is 0 Å². The summed E-state index contributed by atoms with van der Waals surface area (Å²) in [5.41, 5.74) is 6.26. The summed E-state index contributed by atoms with van der Waals surface area (Å²) in [5.74, 6) is 1.57. The topological polar surface area (TPSA) is 24.7 Å². The van der Waals surface area contributed by atoms with Crippen LogP contribution in [0.5, 0.6) is 0 Å². The number of anilines is 1. The Morgan fingerprint density at radius 3 is 1.72 bits per heavy atom. The van der Waals surface area contributed by atoms with Crippen LogP contribution >= 0.6 is 0 Å². The van der Waals surface area contributed by atoms with E-state index < -0.39 is 6.55 Å². The zero-order valence-electron chi connectivity index (χ0n) is 21.3. The summed E-state index contributed by atoms with van der Waals surface area (Å²) in [6.45, 7) is -2.03. The number of nitrogens with zero attached hydrogens (tertiary/aromatic N) is 2. The van der Waals surface area contributed by atoms with E-state index in [0.717, 1.165) is 45.0 Å². The number of hydrogen-bond donors (Lipinski definition) is 0. The van der Waals surface area contributed by atoms with Crippen LogP contribution in [0.3, 0.4) is 0 Å². The summed E-state index contributed by atoms with van der Waals surface area (Å²) >= 11 is 0. The Balaban J connectivity index is 1.71. The lowest BCUT2D eigenvalue weighted by Gasteiger charge is -2.48. The van der Waals surface area contributed by atoms with Gasteiger partial charge in [0.15, 0.2) is 5.71 Å². The van der Waals surface area contributed by atoms with Crippen molar-refractivity contribution in [1.29, 1.82) is 0 Å². The highest BCUT2D eigenvalue weighted by Crippen LogP contribution is 2.33. The molecule has 0 amide bonds. The molecule has 3 aromatic rings. The van der Waals surface area contributed by atoms with Crippen LogP contribution in [-0.4, -0.2) is 45.0 Å². The number of hydrogen-bond acceptors (Lipinski definition) is 3. The van der Waals surface area contributed by atoms with E-state index in [2.05, 4.69) is 82.3 Å². The smallest absolute Gasteiger partial charge is 0.406 e. The van der Waals surface area contributed by atoms with Crippen molar-refractivity contribution in [2.24, 2.45) is 0 Å². The normalized spacial score (nSPS) is 16.2. The SMILES string of the molecule is CN(C)c1ccc(C2=CC(=C3C=CC(=[N+](C)C)C=C3)O[B-](c3ccccc3)(c3ccccc3)O2)cc1. The molecule has 36 heavy (non-hydrogen) atoms. The Labute approximate surface area is 213 Å². The van der Waals surface area contributed by atoms with Gasteiger partial charge in [0.2, 0.25) is 0 Å². The first-order valence-electron chi connectivity index (χ1n) is 12.2. The van der Waals surface area contributed by atoms with Gasteiger partial charge in [-0.15, -0.1) is 10.9 Å². The molecule has 4 nitrogen and oxygen atoms in total. The van der Waals surface area contributed by atoms with Crippen LogP contribution in [0.1, 0.15) is 5.56 Å². The van der Waals surface area contributed by atoms with E-state index >= 15 is 0 Å². The van der Waals surface area contributed by atoms with E-state index in [4.69, 9.17) is 9.31 Å². The van der Waals surface area contributed by atoms with Gasteiger partial charge in [-0.2, -0.15) is 0 Å². The summed E-state index contributed by atoms with van der Waals surface area (Å²) in [7, 11) is 8.17. The average Bonchev–Trinajstić information content (AvgIpc) is 2.94. The second-order valence-electron chi connectivity index (χ2n) is 9.52. The van der Waals surface area contributed by atoms with Gasteiger partial charge in [-0.1, -0.05) is 60.7 Å². The van der Waals surface area contributed by atoms with Gasteiger partial charge in [-0.05, 0) is 36.4 Å². The second-order valence-corrected chi connectivity index (χ2v) is 9.52. The lowest BCUT2D eigenvalue weighted by molar-refractivity contribution is -0.462. The monoisotopic (exact) mass is 474 g/mol. The van der Waals surface area contributed by atoms with Gasteiger partial charge in [0.1, 0.15) is 14.1 Å². The van der Waals surface area contributed by atoms with Gasteiger partial charge in [0, 0.05) is 49.1 Å². The molecule has 1 aliphatic heterocycles. The van der Waals surface area contributed by atoms with Crippen molar-refractivity contribution in [3.63, 3.8) is 0 Å². The molecule has 2 aliphatic rings. The number of rotatable bonds is 4. The van der Waals surface area contributed by atoms with E-state index in [1.165, 1.54) is 0 Å². The fraction of sp³-hybridized carbons (Fsp3) is 0.129. The summed E-state index contributed by atoms with van der Waals surface area (Å²) in [5, 5.41) is 0. The van der Waals surface area contributed by atoms with Crippen molar-refractivity contribution in [2.75, 3.05) is 33.1 Å². The molecular formula is C31H31BN2O2. The number of allylic oxidation sites excluding steroid dienone is 6. The first-order valence-corrected chi connectivity index (χ1v) is 12.2. The largest absolute Gasteiger partial charge is 0.675 e. The van der Waals surface area contributed by atoms with Crippen LogP contribution in [0.15, 0.2) is 127 Å². The van der Waals surface area contributed by atoms with Crippen molar-refractivity contribution in [1.82, 2.24) is 0 Å². The molecule has 0 spiro atoms. The first-order chi connectivity index (χ1) is 17.5. The molecule has 0 radical (unpaired) electrons. The fourth-order valence-corrected chi connectivity index (χ4v) is 4.60. The second kappa shape index (κ2) is 9.78. The minimum atomic E-state index is -2.03.